The van der Waals surface area contributed by atoms with Gasteiger partial charge in [-0.05, 0) is 31.9 Å². The summed E-state index contributed by atoms with van der Waals surface area (Å²) < 4.78 is 0. The highest BCUT2D eigenvalue weighted by atomic mass is 16.3. The summed E-state index contributed by atoms with van der Waals surface area (Å²) in [7, 11) is 0. The third-order valence-corrected chi connectivity index (χ3v) is 4.72. The van der Waals surface area contributed by atoms with Crippen molar-refractivity contribution in [1.82, 2.24) is 4.98 Å². The average molecular weight is 313 g/mol. The fraction of sp³-hybridized carbons (Fsp3) is 0.571. The van der Waals surface area contributed by atoms with Gasteiger partial charge in [-0.3, -0.25) is 4.98 Å². The molecule has 0 aliphatic carbocycles. The lowest BCUT2D eigenvalue weighted by atomic mass is 10.0. The second kappa shape index (κ2) is 9.54. The maximum absolute atomic E-state index is 10.3. The van der Waals surface area contributed by atoms with Crippen LogP contribution >= 0.6 is 0 Å². The SMILES string of the molecule is CCCCCCCCCCCc1nc2ccccc2c(O)c1C. The zero-order valence-corrected chi connectivity index (χ0v) is 14.8. The van der Waals surface area contributed by atoms with Gasteiger partial charge in [0, 0.05) is 16.6 Å². The van der Waals surface area contributed by atoms with Crippen LogP contribution in [0.5, 0.6) is 5.75 Å². The third kappa shape index (κ3) is 5.23. The molecule has 1 aromatic heterocycles. The molecule has 0 fully saturated rings. The predicted molar refractivity (Wildman–Crippen MR) is 99.1 cm³/mol. The standard InChI is InChI=1S/C21H31NO/c1-3-4-5-6-7-8-9-10-11-15-19-17(2)21(23)18-14-12-13-16-20(18)22-19/h12-14,16H,3-11,15H2,1-2H3,(H,22,23). The lowest BCUT2D eigenvalue weighted by molar-refractivity contribution is 0.475. The molecule has 0 unspecified atom stereocenters. The van der Waals surface area contributed by atoms with Crippen LogP contribution in [0.1, 0.15) is 76.0 Å². The van der Waals surface area contributed by atoms with Crippen molar-refractivity contribution in [2.45, 2.75) is 78.1 Å². The number of unbranched alkanes of at least 4 members (excludes halogenated alkanes) is 8. The van der Waals surface area contributed by atoms with E-state index in [2.05, 4.69) is 6.92 Å². The van der Waals surface area contributed by atoms with E-state index < -0.39 is 0 Å². The molecule has 2 heteroatoms. The topological polar surface area (TPSA) is 33.1 Å². The number of fused-ring (bicyclic) bond motifs is 1. The van der Waals surface area contributed by atoms with Gasteiger partial charge in [-0.15, -0.1) is 0 Å². The molecule has 126 valence electrons. The van der Waals surface area contributed by atoms with Crippen LogP contribution in [0.3, 0.4) is 0 Å². The summed E-state index contributed by atoms with van der Waals surface area (Å²) in [5.74, 6) is 0.404. The van der Waals surface area contributed by atoms with Crippen LogP contribution in [0.25, 0.3) is 10.9 Å². The summed E-state index contributed by atoms with van der Waals surface area (Å²) in [4.78, 5) is 4.74. The minimum Gasteiger partial charge on any atom is -0.507 e. The number of pyridine rings is 1. The normalized spacial score (nSPS) is 11.2. The zero-order chi connectivity index (χ0) is 16.5. The Labute approximate surface area is 141 Å². The summed E-state index contributed by atoms with van der Waals surface area (Å²) >= 11 is 0. The van der Waals surface area contributed by atoms with Crippen LogP contribution in [0.4, 0.5) is 0 Å². The van der Waals surface area contributed by atoms with E-state index in [-0.39, 0.29) is 0 Å². The Morgan fingerprint density at radius 3 is 2.17 bits per heavy atom. The Hall–Kier alpha value is -1.57. The van der Waals surface area contributed by atoms with Gasteiger partial charge in [0.25, 0.3) is 0 Å². The molecule has 0 aliphatic heterocycles. The number of aromatic nitrogens is 1. The van der Waals surface area contributed by atoms with Crippen LogP contribution < -0.4 is 0 Å². The molecule has 2 nitrogen and oxygen atoms in total. The number of aryl methyl sites for hydroxylation is 1. The Morgan fingerprint density at radius 2 is 1.48 bits per heavy atom. The molecule has 2 rings (SSSR count). The number of rotatable bonds is 10. The van der Waals surface area contributed by atoms with Crippen molar-refractivity contribution in [2.24, 2.45) is 0 Å². The van der Waals surface area contributed by atoms with E-state index in [9.17, 15) is 5.11 Å². The largest absolute Gasteiger partial charge is 0.507 e. The highest BCUT2D eigenvalue weighted by molar-refractivity contribution is 5.86. The number of aromatic hydroxyl groups is 1. The first-order chi connectivity index (χ1) is 11.2. The Bertz CT molecular complexity index is 606. The zero-order valence-electron chi connectivity index (χ0n) is 14.8. The molecule has 0 aliphatic rings. The van der Waals surface area contributed by atoms with Crippen molar-refractivity contribution < 1.29 is 5.11 Å². The van der Waals surface area contributed by atoms with Crippen molar-refractivity contribution in [3.05, 3.63) is 35.5 Å². The van der Waals surface area contributed by atoms with Crippen molar-refractivity contribution in [1.29, 1.82) is 0 Å². The Balaban J connectivity index is 1.76. The van der Waals surface area contributed by atoms with Crippen LogP contribution in [0, 0.1) is 6.92 Å². The van der Waals surface area contributed by atoms with Crippen molar-refractivity contribution in [3.63, 3.8) is 0 Å². The molecule has 0 amide bonds. The van der Waals surface area contributed by atoms with E-state index in [4.69, 9.17) is 4.98 Å². The van der Waals surface area contributed by atoms with Crippen LogP contribution in [0.2, 0.25) is 0 Å². The molecule has 1 N–H and O–H groups in total. The number of benzene rings is 1. The molecule has 0 spiro atoms. The maximum atomic E-state index is 10.3. The van der Waals surface area contributed by atoms with E-state index >= 15 is 0 Å². The number of hydrogen-bond donors (Lipinski definition) is 1. The Morgan fingerprint density at radius 1 is 0.870 bits per heavy atom. The fourth-order valence-corrected chi connectivity index (χ4v) is 3.19. The number of para-hydroxylation sites is 1. The number of nitrogens with zero attached hydrogens (tertiary/aromatic N) is 1. The highest BCUT2D eigenvalue weighted by Crippen LogP contribution is 2.29. The first-order valence-electron chi connectivity index (χ1n) is 9.31. The molecule has 0 bridgehead atoms. The molecular weight excluding hydrogens is 282 g/mol. The smallest absolute Gasteiger partial charge is 0.129 e. The van der Waals surface area contributed by atoms with Gasteiger partial charge in [0.05, 0.1) is 5.52 Å². The maximum Gasteiger partial charge on any atom is 0.129 e. The summed E-state index contributed by atoms with van der Waals surface area (Å²) in [6, 6.07) is 7.84. The molecule has 0 saturated carbocycles. The predicted octanol–water partition coefficient (Wildman–Crippen LogP) is 6.32. The van der Waals surface area contributed by atoms with Gasteiger partial charge in [-0.25, -0.2) is 0 Å². The quantitative estimate of drug-likeness (QED) is 0.520. The van der Waals surface area contributed by atoms with E-state index in [0.29, 0.717) is 5.75 Å². The summed E-state index contributed by atoms with van der Waals surface area (Å²) in [6.45, 7) is 4.25. The number of hydrogen-bond acceptors (Lipinski definition) is 2. The van der Waals surface area contributed by atoms with Crippen LogP contribution in [-0.2, 0) is 6.42 Å². The van der Waals surface area contributed by atoms with Crippen molar-refractivity contribution >= 4 is 10.9 Å². The minimum absolute atomic E-state index is 0.404. The fourth-order valence-electron chi connectivity index (χ4n) is 3.19. The molecule has 0 saturated heterocycles. The molecule has 2 aromatic rings. The lowest BCUT2D eigenvalue weighted by Crippen LogP contribution is -1.96. The second-order valence-corrected chi connectivity index (χ2v) is 6.63. The van der Waals surface area contributed by atoms with Crippen molar-refractivity contribution in [2.75, 3.05) is 0 Å². The first kappa shape index (κ1) is 17.8. The lowest BCUT2D eigenvalue weighted by Gasteiger charge is -2.10. The molecule has 0 atom stereocenters. The first-order valence-corrected chi connectivity index (χ1v) is 9.31. The van der Waals surface area contributed by atoms with Gasteiger partial charge in [-0.2, -0.15) is 0 Å². The summed E-state index contributed by atoms with van der Waals surface area (Å²) in [6.07, 6.45) is 13.0. The molecular formula is C21H31NO. The second-order valence-electron chi connectivity index (χ2n) is 6.63. The third-order valence-electron chi connectivity index (χ3n) is 4.72. The Kier molecular flexibility index (Phi) is 7.38. The summed E-state index contributed by atoms with van der Waals surface area (Å²) in [5, 5.41) is 11.2. The van der Waals surface area contributed by atoms with Crippen LogP contribution in [-0.4, -0.2) is 10.1 Å². The van der Waals surface area contributed by atoms with E-state index in [1.807, 2.05) is 31.2 Å². The van der Waals surface area contributed by atoms with Crippen LogP contribution in [0.15, 0.2) is 24.3 Å². The summed E-state index contributed by atoms with van der Waals surface area (Å²) in [5.41, 5.74) is 2.91. The van der Waals surface area contributed by atoms with Gasteiger partial charge >= 0.3 is 0 Å². The van der Waals surface area contributed by atoms with E-state index in [1.165, 1.54) is 57.8 Å². The molecule has 0 radical (unpaired) electrons. The molecule has 1 heterocycles. The van der Waals surface area contributed by atoms with Gasteiger partial charge in [0.1, 0.15) is 5.75 Å². The van der Waals surface area contributed by atoms with Gasteiger partial charge in [0.2, 0.25) is 0 Å². The van der Waals surface area contributed by atoms with Gasteiger partial charge in [-0.1, -0.05) is 70.4 Å². The van der Waals surface area contributed by atoms with Gasteiger partial charge < -0.3 is 5.11 Å². The average Bonchev–Trinajstić information content (AvgIpc) is 2.57. The minimum atomic E-state index is 0.404. The molecule has 23 heavy (non-hydrogen) atoms. The van der Waals surface area contributed by atoms with E-state index in [0.717, 1.165) is 28.6 Å². The highest BCUT2D eigenvalue weighted by Gasteiger charge is 2.10. The van der Waals surface area contributed by atoms with E-state index in [1.54, 1.807) is 0 Å². The van der Waals surface area contributed by atoms with Gasteiger partial charge in [0.15, 0.2) is 0 Å². The molecule has 1 aromatic carbocycles. The van der Waals surface area contributed by atoms with Crippen molar-refractivity contribution in [3.8, 4) is 5.75 Å². The monoisotopic (exact) mass is 313 g/mol.